The van der Waals surface area contributed by atoms with Crippen LogP contribution in [0.2, 0.25) is 0 Å². The summed E-state index contributed by atoms with van der Waals surface area (Å²) in [6, 6.07) is 3.94. The number of hydrogen-bond acceptors (Lipinski definition) is 4. The standard InChI is InChI=1S/C21H33NO3/c1-7-10-18(11-8-2)25-21-15-19(17(5)22-9-3)16(4)14-20(21)24-13-12-23-6/h9,14-15,18H,4,7-8,10-13H2,1-3,5-6H3/b19-17-,22-9?. The van der Waals surface area contributed by atoms with E-state index in [0.29, 0.717) is 13.2 Å². The van der Waals surface area contributed by atoms with Crippen molar-refractivity contribution in [3.8, 4) is 11.5 Å². The zero-order valence-electron chi connectivity index (χ0n) is 16.4. The monoisotopic (exact) mass is 347 g/mol. The van der Waals surface area contributed by atoms with Gasteiger partial charge in [0, 0.05) is 24.2 Å². The van der Waals surface area contributed by atoms with Crippen molar-refractivity contribution in [2.24, 2.45) is 4.99 Å². The van der Waals surface area contributed by atoms with Crippen molar-refractivity contribution in [2.45, 2.75) is 59.5 Å². The van der Waals surface area contributed by atoms with Gasteiger partial charge in [0.05, 0.1) is 12.7 Å². The molecule has 4 nitrogen and oxygen atoms in total. The number of nitrogens with zero attached hydrogens (tertiary/aromatic N) is 1. The van der Waals surface area contributed by atoms with Crippen LogP contribution in [0.25, 0.3) is 12.3 Å². The molecule has 1 aromatic rings. The second kappa shape index (κ2) is 11.7. The van der Waals surface area contributed by atoms with Gasteiger partial charge in [-0.3, -0.25) is 4.99 Å². The minimum absolute atomic E-state index is 0.193. The third-order valence-electron chi connectivity index (χ3n) is 3.94. The van der Waals surface area contributed by atoms with Crippen LogP contribution in [0.5, 0.6) is 11.5 Å². The summed E-state index contributed by atoms with van der Waals surface area (Å²) in [4.78, 5) is 4.39. The van der Waals surface area contributed by atoms with Crippen molar-refractivity contribution < 1.29 is 14.2 Å². The highest BCUT2D eigenvalue weighted by molar-refractivity contribution is 5.62. The zero-order chi connectivity index (χ0) is 18.7. The van der Waals surface area contributed by atoms with Crippen LogP contribution in [-0.2, 0) is 4.74 Å². The Balaban J connectivity index is 3.29. The number of aliphatic imine (C=N–C) groups is 1. The fourth-order valence-electron chi connectivity index (χ4n) is 2.73. The predicted molar refractivity (Wildman–Crippen MR) is 106 cm³/mol. The molecule has 0 atom stereocenters. The number of rotatable bonds is 11. The molecule has 4 heteroatoms. The van der Waals surface area contributed by atoms with E-state index in [1.165, 1.54) is 0 Å². The Morgan fingerprint density at radius 2 is 1.84 bits per heavy atom. The maximum absolute atomic E-state index is 6.32. The normalized spacial score (nSPS) is 12.7. The molecule has 0 aliphatic rings. The van der Waals surface area contributed by atoms with Crippen LogP contribution in [0.1, 0.15) is 53.4 Å². The van der Waals surface area contributed by atoms with E-state index in [-0.39, 0.29) is 6.10 Å². The highest BCUT2D eigenvalue weighted by atomic mass is 16.5. The molecule has 0 fully saturated rings. The van der Waals surface area contributed by atoms with E-state index < -0.39 is 0 Å². The molecule has 1 rings (SSSR count). The molecule has 25 heavy (non-hydrogen) atoms. The van der Waals surface area contributed by atoms with Crippen LogP contribution in [-0.4, -0.2) is 32.6 Å². The Morgan fingerprint density at radius 1 is 1.16 bits per heavy atom. The number of methoxy groups -OCH3 is 1. The van der Waals surface area contributed by atoms with Gasteiger partial charge in [0.2, 0.25) is 0 Å². The van der Waals surface area contributed by atoms with E-state index in [4.69, 9.17) is 14.2 Å². The summed E-state index contributed by atoms with van der Waals surface area (Å²) in [7, 11) is 1.66. The maximum Gasteiger partial charge on any atom is 0.162 e. The summed E-state index contributed by atoms with van der Waals surface area (Å²) in [6.07, 6.45) is 6.23. The number of benzene rings is 1. The van der Waals surface area contributed by atoms with Gasteiger partial charge in [-0.05, 0) is 44.0 Å². The topological polar surface area (TPSA) is 40.0 Å². The Hall–Kier alpha value is -1.81. The van der Waals surface area contributed by atoms with Gasteiger partial charge in [-0.2, -0.15) is 0 Å². The molecule has 0 unspecified atom stereocenters. The fourth-order valence-corrected chi connectivity index (χ4v) is 2.73. The highest BCUT2D eigenvalue weighted by Crippen LogP contribution is 2.27. The van der Waals surface area contributed by atoms with E-state index in [0.717, 1.165) is 53.3 Å². The first-order chi connectivity index (χ1) is 12.1. The lowest BCUT2D eigenvalue weighted by Crippen LogP contribution is -2.27. The molecule has 1 aromatic carbocycles. The smallest absolute Gasteiger partial charge is 0.162 e. The molecule has 0 amide bonds. The Morgan fingerprint density at radius 3 is 2.40 bits per heavy atom. The molecule has 0 aliphatic carbocycles. The first-order valence-electron chi connectivity index (χ1n) is 9.18. The van der Waals surface area contributed by atoms with Gasteiger partial charge in [0.1, 0.15) is 6.61 Å². The Bertz CT molecular complexity index is 646. The first kappa shape index (κ1) is 21.2. The predicted octanol–water partition coefficient (Wildman–Crippen LogP) is 3.69. The number of ether oxygens (including phenoxy) is 3. The molecule has 0 saturated heterocycles. The van der Waals surface area contributed by atoms with E-state index >= 15 is 0 Å². The molecule has 0 aromatic heterocycles. The Kier molecular flexibility index (Phi) is 9.93. The van der Waals surface area contributed by atoms with Crippen molar-refractivity contribution >= 4 is 18.5 Å². The molecule has 0 spiro atoms. The minimum atomic E-state index is 0.193. The second-order valence-electron chi connectivity index (χ2n) is 6.09. The molecular formula is C21H33NO3. The average Bonchev–Trinajstić information content (AvgIpc) is 2.57. The molecule has 0 N–H and O–H groups in total. The van der Waals surface area contributed by atoms with Gasteiger partial charge in [0.25, 0.3) is 0 Å². The van der Waals surface area contributed by atoms with Crippen LogP contribution in [0, 0.1) is 0 Å². The zero-order valence-corrected chi connectivity index (χ0v) is 16.4. The maximum atomic E-state index is 6.32. The summed E-state index contributed by atoms with van der Waals surface area (Å²) < 4.78 is 17.3. The third-order valence-corrected chi connectivity index (χ3v) is 3.94. The summed E-state index contributed by atoms with van der Waals surface area (Å²) >= 11 is 0. The highest BCUT2D eigenvalue weighted by Gasteiger charge is 2.13. The van der Waals surface area contributed by atoms with E-state index in [1.54, 1.807) is 13.3 Å². The Labute approximate surface area is 152 Å². The van der Waals surface area contributed by atoms with Gasteiger partial charge in [-0.1, -0.05) is 33.3 Å². The molecule has 0 heterocycles. The lowest BCUT2D eigenvalue weighted by Gasteiger charge is -2.20. The summed E-state index contributed by atoms with van der Waals surface area (Å²) in [5.74, 6) is 1.48. The van der Waals surface area contributed by atoms with Crippen LogP contribution < -0.4 is 19.9 Å². The molecule has 0 bridgehead atoms. The van der Waals surface area contributed by atoms with E-state index in [9.17, 15) is 0 Å². The molecule has 140 valence electrons. The van der Waals surface area contributed by atoms with Crippen molar-refractivity contribution in [2.75, 3.05) is 20.3 Å². The lowest BCUT2D eigenvalue weighted by molar-refractivity contribution is 0.135. The second-order valence-corrected chi connectivity index (χ2v) is 6.09. The SMILES string of the molecule is C=c1cc(OCCOC)c(OC(CCC)CCC)c/c1=C(\C)N=CC. The van der Waals surface area contributed by atoms with Crippen LogP contribution in [0.15, 0.2) is 17.1 Å². The summed E-state index contributed by atoms with van der Waals surface area (Å²) in [5, 5.41) is 1.87. The third kappa shape index (κ3) is 6.91. The fraction of sp³-hybridized carbons (Fsp3) is 0.571. The quantitative estimate of drug-likeness (QED) is 0.453. The van der Waals surface area contributed by atoms with Gasteiger partial charge in [0.15, 0.2) is 11.5 Å². The van der Waals surface area contributed by atoms with Crippen molar-refractivity contribution in [3.63, 3.8) is 0 Å². The van der Waals surface area contributed by atoms with Crippen LogP contribution >= 0.6 is 0 Å². The van der Waals surface area contributed by atoms with Gasteiger partial charge >= 0.3 is 0 Å². The van der Waals surface area contributed by atoms with Crippen molar-refractivity contribution in [1.82, 2.24) is 0 Å². The van der Waals surface area contributed by atoms with Gasteiger partial charge in [-0.25, -0.2) is 0 Å². The van der Waals surface area contributed by atoms with E-state index in [1.807, 2.05) is 26.0 Å². The van der Waals surface area contributed by atoms with Gasteiger partial charge < -0.3 is 14.2 Å². The molecule has 0 radical (unpaired) electrons. The first-order valence-corrected chi connectivity index (χ1v) is 9.18. The lowest BCUT2D eigenvalue weighted by atomic mass is 10.1. The van der Waals surface area contributed by atoms with Crippen molar-refractivity contribution in [1.29, 1.82) is 0 Å². The minimum Gasteiger partial charge on any atom is -0.487 e. The van der Waals surface area contributed by atoms with Crippen LogP contribution in [0.3, 0.4) is 0 Å². The summed E-state index contributed by atoms with van der Waals surface area (Å²) in [6.45, 7) is 13.4. The number of hydrogen-bond donors (Lipinski definition) is 0. The van der Waals surface area contributed by atoms with Crippen molar-refractivity contribution in [3.05, 3.63) is 22.6 Å². The molecular weight excluding hydrogens is 314 g/mol. The molecule has 0 saturated carbocycles. The molecule has 0 aliphatic heterocycles. The largest absolute Gasteiger partial charge is 0.487 e. The average molecular weight is 347 g/mol. The van der Waals surface area contributed by atoms with Gasteiger partial charge in [-0.15, -0.1) is 0 Å². The van der Waals surface area contributed by atoms with Crippen LogP contribution in [0.4, 0.5) is 0 Å². The summed E-state index contributed by atoms with van der Waals surface area (Å²) in [5.41, 5.74) is 0.920. The van der Waals surface area contributed by atoms with E-state index in [2.05, 4.69) is 25.4 Å².